The van der Waals surface area contributed by atoms with E-state index in [4.69, 9.17) is 10.4 Å². The predicted octanol–water partition coefficient (Wildman–Crippen LogP) is -0.162. The summed E-state index contributed by atoms with van der Waals surface area (Å²) in [5.74, 6) is -0.110. The molecule has 7 nitrogen and oxygen atoms in total. The summed E-state index contributed by atoms with van der Waals surface area (Å²) in [6.45, 7) is 1.25. The van der Waals surface area contributed by atoms with E-state index in [2.05, 4.69) is 5.32 Å². The van der Waals surface area contributed by atoms with E-state index in [1.54, 1.807) is 24.1 Å². The van der Waals surface area contributed by atoms with Crippen molar-refractivity contribution in [3.8, 4) is 6.07 Å². The van der Waals surface area contributed by atoms with E-state index in [0.717, 1.165) is 5.56 Å². The lowest BCUT2D eigenvalue weighted by molar-refractivity contribution is -0.121. The van der Waals surface area contributed by atoms with Crippen LogP contribution in [-0.4, -0.2) is 45.9 Å². The molecule has 3 N–H and O–H groups in total. The number of carbonyl (C=O) groups excluding carboxylic acids is 1. The Labute approximate surface area is 130 Å². The Bertz CT molecular complexity index is 635. The van der Waals surface area contributed by atoms with Crippen molar-refractivity contribution in [2.45, 2.75) is 17.7 Å². The molecule has 1 amide bonds. The molecule has 1 aromatic carbocycles. The highest BCUT2D eigenvalue weighted by atomic mass is 32.2. The van der Waals surface area contributed by atoms with Crippen molar-refractivity contribution in [2.24, 2.45) is 5.14 Å². The van der Waals surface area contributed by atoms with E-state index >= 15 is 0 Å². The van der Waals surface area contributed by atoms with Gasteiger partial charge in [-0.25, -0.2) is 13.6 Å². The van der Waals surface area contributed by atoms with Gasteiger partial charge in [0.15, 0.2) is 0 Å². The molecule has 0 atom stereocenters. The zero-order chi connectivity index (χ0) is 16.6. The Morgan fingerprint density at radius 2 is 2.00 bits per heavy atom. The van der Waals surface area contributed by atoms with Crippen molar-refractivity contribution >= 4 is 15.9 Å². The van der Waals surface area contributed by atoms with Gasteiger partial charge in [0, 0.05) is 19.5 Å². The zero-order valence-electron chi connectivity index (χ0n) is 12.4. The third kappa shape index (κ3) is 6.67. The van der Waals surface area contributed by atoms with Gasteiger partial charge in [-0.1, -0.05) is 12.1 Å². The maximum atomic E-state index is 11.7. The fourth-order valence-corrected chi connectivity index (χ4v) is 2.33. The third-order valence-electron chi connectivity index (χ3n) is 3.01. The first kappa shape index (κ1) is 18.1. The number of likely N-dealkylation sites (N-methyl/N-ethyl adjacent to an activating group) is 1. The van der Waals surface area contributed by atoms with E-state index in [1.807, 2.05) is 6.07 Å². The van der Waals surface area contributed by atoms with Gasteiger partial charge in [0.2, 0.25) is 15.9 Å². The van der Waals surface area contributed by atoms with Crippen LogP contribution in [0, 0.1) is 11.3 Å². The van der Waals surface area contributed by atoms with Crippen LogP contribution >= 0.6 is 0 Å². The molecule has 1 aromatic rings. The summed E-state index contributed by atoms with van der Waals surface area (Å²) in [6.07, 6.45) is 0.985. The maximum Gasteiger partial charge on any atom is 0.238 e. The van der Waals surface area contributed by atoms with Crippen molar-refractivity contribution in [3.05, 3.63) is 29.8 Å². The first-order valence-corrected chi connectivity index (χ1v) is 8.31. The van der Waals surface area contributed by atoms with Crippen molar-refractivity contribution in [2.75, 3.05) is 26.7 Å². The monoisotopic (exact) mass is 324 g/mol. The Morgan fingerprint density at radius 1 is 1.36 bits per heavy atom. The van der Waals surface area contributed by atoms with Crippen LogP contribution in [0.15, 0.2) is 29.2 Å². The summed E-state index contributed by atoms with van der Waals surface area (Å²) >= 11 is 0. The lowest BCUT2D eigenvalue weighted by Crippen LogP contribution is -2.36. The summed E-state index contributed by atoms with van der Waals surface area (Å²) in [7, 11) is -1.89. The Balaban J connectivity index is 2.35. The second-order valence-corrected chi connectivity index (χ2v) is 6.50. The van der Waals surface area contributed by atoms with Crippen LogP contribution in [0.1, 0.15) is 12.0 Å². The number of nitrogens with one attached hydrogen (secondary N) is 1. The fraction of sp³-hybridized carbons (Fsp3) is 0.429. The molecule has 0 spiro atoms. The van der Waals surface area contributed by atoms with Gasteiger partial charge in [-0.15, -0.1) is 0 Å². The van der Waals surface area contributed by atoms with Crippen molar-refractivity contribution < 1.29 is 13.2 Å². The summed E-state index contributed by atoms with van der Waals surface area (Å²) in [4.78, 5) is 13.5. The summed E-state index contributed by atoms with van der Waals surface area (Å²) in [5.41, 5.74) is 0.908. The highest BCUT2D eigenvalue weighted by molar-refractivity contribution is 7.89. The van der Waals surface area contributed by atoms with Crippen LogP contribution in [0.3, 0.4) is 0 Å². The van der Waals surface area contributed by atoms with E-state index in [-0.39, 0.29) is 17.3 Å². The molecule has 1 rings (SSSR count). The summed E-state index contributed by atoms with van der Waals surface area (Å²) in [6, 6.07) is 8.26. The number of rotatable bonds is 8. The molecule has 0 heterocycles. The molecule has 0 aliphatic carbocycles. The maximum absolute atomic E-state index is 11.7. The largest absolute Gasteiger partial charge is 0.355 e. The van der Waals surface area contributed by atoms with Gasteiger partial charge in [-0.3, -0.25) is 9.69 Å². The van der Waals surface area contributed by atoms with Gasteiger partial charge in [0.1, 0.15) is 0 Å². The second-order valence-electron chi connectivity index (χ2n) is 4.93. The number of primary sulfonamides is 1. The Hall–Kier alpha value is -1.95. The van der Waals surface area contributed by atoms with E-state index in [9.17, 15) is 13.2 Å². The Morgan fingerprint density at radius 3 is 2.55 bits per heavy atom. The van der Waals surface area contributed by atoms with Crippen LogP contribution in [0.25, 0.3) is 0 Å². The molecule has 0 saturated carbocycles. The van der Waals surface area contributed by atoms with E-state index in [0.29, 0.717) is 25.9 Å². The number of amides is 1. The minimum absolute atomic E-state index is 0.0689. The number of nitrogens with two attached hydrogens (primary N) is 1. The summed E-state index contributed by atoms with van der Waals surface area (Å²) < 4.78 is 22.2. The minimum Gasteiger partial charge on any atom is -0.355 e. The van der Waals surface area contributed by atoms with Gasteiger partial charge in [0.05, 0.1) is 17.5 Å². The minimum atomic E-state index is -3.67. The van der Waals surface area contributed by atoms with Crippen LogP contribution in [0.4, 0.5) is 0 Å². The zero-order valence-corrected chi connectivity index (χ0v) is 13.3. The number of carbonyl (C=O) groups is 1. The van der Waals surface area contributed by atoms with Crippen LogP contribution in [-0.2, 0) is 21.2 Å². The average molecular weight is 324 g/mol. The van der Waals surface area contributed by atoms with Gasteiger partial charge >= 0.3 is 0 Å². The number of nitriles is 1. The molecule has 0 fully saturated rings. The Kier molecular flexibility index (Phi) is 6.98. The van der Waals surface area contributed by atoms with Crippen molar-refractivity contribution in [3.63, 3.8) is 0 Å². The molecular weight excluding hydrogens is 304 g/mol. The topological polar surface area (TPSA) is 116 Å². The fourth-order valence-electron chi connectivity index (χ4n) is 1.81. The van der Waals surface area contributed by atoms with Crippen molar-refractivity contribution in [1.82, 2.24) is 10.2 Å². The first-order valence-electron chi connectivity index (χ1n) is 6.77. The highest BCUT2D eigenvalue weighted by Crippen LogP contribution is 2.08. The average Bonchev–Trinajstić information content (AvgIpc) is 2.44. The molecule has 0 radical (unpaired) electrons. The molecule has 8 heteroatoms. The molecule has 0 aliphatic rings. The normalized spacial score (nSPS) is 11.2. The SMILES string of the molecule is CN(CCC#N)CC(=O)NCCc1ccc(S(N)(=O)=O)cc1. The lowest BCUT2D eigenvalue weighted by Gasteiger charge is -2.14. The second kappa shape index (κ2) is 8.48. The molecule has 0 bridgehead atoms. The summed E-state index contributed by atoms with van der Waals surface area (Å²) in [5, 5.41) is 16.3. The lowest BCUT2D eigenvalue weighted by atomic mass is 10.1. The van der Waals surface area contributed by atoms with Crippen LogP contribution in [0.2, 0.25) is 0 Å². The molecular formula is C14H20N4O3S. The third-order valence-corrected chi connectivity index (χ3v) is 3.94. The van der Waals surface area contributed by atoms with E-state index in [1.165, 1.54) is 12.1 Å². The standard InChI is InChI=1S/C14H20N4O3S/c1-18(10-2-8-15)11-14(19)17-9-7-12-3-5-13(6-4-12)22(16,20)21/h3-6H,2,7,9-11H2,1H3,(H,17,19)(H2,16,20,21). The van der Waals surface area contributed by atoms with Gasteiger partial charge in [-0.2, -0.15) is 5.26 Å². The van der Waals surface area contributed by atoms with E-state index < -0.39 is 10.0 Å². The number of benzene rings is 1. The van der Waals surface area contributed by atoms with Gasteiger partial charge in [0.25, 0.3) is 0 Å². The van der Waals surface area contributed by atoms with Crippen molar-refractivity contribution in [1.29, 1.82) is 5.26 Å². The highest BCUT2D eigenvalue weighted by Gasteiger charge is 2.08. The van der Waals surface area contributed by atoms with Gasteiger partial charge in [-0.05, 0) is 31.2 Å². The smallest absolute Gasteiger partial charge is 0.238 e. The molecule has 120 valence electrons. The molecule has 0 unspecified atom stereocenters. The molecule has 0 saturated heterocycles. The number of nitrogens with zero attached hydrogens (tertiary/aromatic N) is 2. The molecule has 0 aliphatic heterocycles. The molecule has 0 aromatic heterocycles. The van der Waals surface area contributed by atoms with Crippen LogP contribution in [0.5, 0.6) is 0 Å². The number of sulfonamides is 1. The number of hydrogen-bond acceptors (Lipinski definition) is 5. The van der Waals surface area contributed by atoms with Crippen LogP contribution < -0.4 is 10.5 Å². The number of hydrogen-bond donors (Lipinski definition) is 2. The first-order chi connectivity index (χ1) is 10.3. The molecule has 22 heavy (non-hydrogen) atoms. The predicted molar refractivity (Wildman–Crippen MR) is 82.3 cm³/mol. The quantitative estimate of drug-likeness (QED) is 0.689. The van der Waals surface area contributed by atoms with Gasteiger partial charge < -0.3 is 5.32 Å².